The van der Waals surface area contributed by atoms with Crippen molar-refractivity contribution >= 4 is 56.5 Å². The Hall–Kier alpha value is -2.62. The minimum absolute atomic E-state index is 0.00581. The lowest BCUT2D eigenvalue weighted by atomic mass is 10.2. The number of hydrogen-bond acceptors (Lipinski definition) is 8. The second-order valence-electron chi connectivity index (χ2n) is 5.91. The van der Waals surface area contributed by atoms with E-state index in [2.05, 4.69) is 20.4 Å². The van der Waals surface area contributed by atoms with Crippen LogP contribution in [0.2, 0.25) is 5.02 Å². The van der Waals surface area contributed by atoms with Gasteiger partial charge in [-0.2, -0.15) is 4.98 Å². The lowest BCUT2D eigenvalue weighted by Gasteiger charge is -2.08. The van der Waals surface area contributed by atoms with Crippen LogP contribution in [0.1, 0.15) is 11.7 Å². The van der Waals surface area contributed by atoms with Crippen LogP contribution in [-0.4, -0.2) is 28.1 Å². The van der Waals surface area contributed by atoms with Gasteiger partial charge in [0.2, 0.25) is 11.8 Å². The molecule has 0 bridgehead atoms. The number of amides is 1. The first-order chi connectivity index (χ1) is 14.1. The third-order valence-corrected chi connectivity index (χ3v) is 6.26. The summed E-state index contributed by atoms with van der Waals surface area (Å²) in [5, 5.41) is 7.33. The Balaban J connectivity index is 1.34. The smallest absolute Gasteiger partial charge is 0.237 e. The monoisotopic (exact) mass is 446 g/mol. The van der Waals surface area contributed by atoms with Crippen molar-refractivity contribution in [3.63, 3.8) is 0 Å². The van der Waals surface area contributed by atoms with Gasteiger partial charge in [-0.05, 0) is 30.3 Å². The zero-order valence-electron chi connectivity index (χ0n) is 15.2. The largest absolute Gasteiger partial charge is 0.495 e. The Labute approximate surface area is 179 Å². The van der Waals surface area contributed by atoms with Crippen LogP contribution >= 0.6 is 34.7 Å². The maximum Gasteiger partial charge on any atom is 0.237 e. The Kier molecular flexibility index (Phi) is 5.98. The summed E-state index contributed by atoms with van der Waals surface area (Å²) in [6.45, 7) is 0. The Morgan fingerprint density at radius 3 is 3.00 bits per heavy atom. The molecule has 29 heavy (non-hydrogen) atoms. The van der Waals surface area contributed by atoms with Crippen LogP contribution in [0, 0.1) is 0 Å². The van der Waals surface area contributed by atoms with Crippen LogP contribution in [0.5, 0.6) is 5.75 Å². The quantitative estimate of drug-likeness (QED) is 0.407. The molecule has 10 heteroatoms. The molecule has 7 nitrogen and oxygen atoms in total. The molecule has 1 N–H and O–H groups in total. The average Bonchev–Trinajstić information content (AvgIpc) is 3.32. The highest BCUT2D eigenvalue weighted by Gasteiger charge is 2.14. The van der Waals surface area contributed by atoms with Crippen LogP contribution in [0.3, 0.4) is 0 Å². The first-order valence-electron chi connectivity index (χ1n) is 8.54. The average molecular weight is 447 g/mol. The van der Waals surface area contributed by atoms with Gasteiger partial charge in [0.25, 0.3) is 0 Å². The van der Waals surface area contributed by atoms with E-state index in [1.165, 1.54) is 11.8 Å². The SMILES string of the molecule is COc1ccccc1NC(=O)Cc1noc(CSc2nc3cc(Cl)ccc3s2)n1. The van der Waals surface area contributed by atoms with Crippen molar-refractivity contribution in [2.24, 2.45) is 0 Å². The predicted octanol–water partition coefficient (Wildman–Crippen LogP) is 4.81. The van der Waals surface area contributed by atoms with Gasteiger partial charge in [-0.1, -0.05) is 40.7 Å². The predicted molar refractivity (Wildman–Crippen MR) is 114 cm³/mol. The van der Waals surface area contributed by atoms with Crippen molar-refractivity contribution in [1.29, 1.82) is 0 Å². The van der Waals surface area contributed by atoms with Gasteiger partial charge < -0.3 is 14.6 Å². The second kappa shape index (κ2) is 8.81. The molecular formula is C19H15ClN4O3S2. The number of nitrogens with one attached hydrogen (secondary N) is 1. The van der Waals surface area contributed by atoms with E-state index in [-0.39, 0.29) is 12.3 Å². The number of thiazole rings is 1. The molecule has 0 unspecified atom stereocenters. The minimum atomic E-state index is -0.252. The maximum atomic E-state index is 12.3. The molecule has 0 spiro atoms. The van der Waals surface area contributed by atoms with E-state index in [1.54, 1.807) is 30.6 Å². The molecule has 0 aliphatic carbocycles. The topological polar surface area (TPSA) is 90.1 Å². The molecule has 0 saturated heterocycles. The third-order valence-electron chi connectivity index (χ3n) is 3.86. The van der Waals surface area contributed by atoms with Gasteiger partial charge in [0, 0.05) is 5.02 Å². The van der Waals surface area contributed by atoms with Crippen molar-refractivity contribution < 1.29 is 14.1 Å². The molecule has 2 aromatic carbocycles. The van der Waals surface area contributed by atoms with Gasteiger partial charge >= 0.3 is 0 Å². The number of thioether (sulfide) groups is 1. The van der Waals surface area contributed by atoms with Crippen LogP contribution in [0.15, 0.2) is 51.3 Å². The summed E-state index contributed by atoms with van der Waals surface area (Å²) in [5.74, 6) is 1.56. The van der Waals surface area contributed by atoms with E-state index in [9.17, 15) is 4.79 Å². The normalized spacial score (nSPS) is 11.0. The number of anilines is 1. The van der Waals surface area contributed by atoms with Crippen molar-refractivity contribution in [3.8, 4) is 5.75 Å². The summed E-state index contributed by atoms with van der Waals surface area (Å²) < 4.78 is 12.4. The molecule has 0 radical (unpaired) electrons. The van der Waals surface area contributed by atoms with E-state index in [1.807, 2.05) is 30.3 Å². The molecule has 0 atom stereocenters. The molecule has 0 saturated carbocycles. The molecule has 1 amide bonds. The molecule has 148 valence electrons. The number of rotatable bonds is 7. The van der Waals surface area contributed by atoms with E-state index >= 15 is 0 Å². The number of carbonyl (C=O) groups is 1. The molecule has 0 fully saturated rings. The minimum Gasteiger partial charge on any atom is -0.495 e. The van der Waals surface area contributed by atoms with Gasteiger partial charge in [0.15, 0.2) is 10.2 Å². The zero-order valence-corrected chi connectivity index (χ0v) is 17.6. The third kappa shape index (κ3) is 4.87. The van der Waals surface area contributed by atoms with Crippen molar-refractivity contribution in [1.82, 2.24) is 15.1 Å². The number of benzene rings is 2. The number of aromatic nitrogens is 3. The molecule has 2 aromatic heterocycles. The van der Waals surface area contributed by atoms with Gasteiger partial charge in [0.1, 0.15) is 5.75 Å². The van der Waals surface area contributed by atoms with Crippen LogP contribution in [0.4, 0.5) is 5.69 Å². The molecule has 4 aromatic rings. The number of hydrogen-bond donors (Lipinski definition) is 1. The fourth-order valence-corrected chi connectivity index (χ4v) is 4.62. The second-order valence-corrected chi connectivity index (χ2v) is 8.60. The van der Waals surface area contributed by atoms with Gasteiger partial charge in [-0.15, -0.1) is 11.3 Å². The fraction of sp³-hybridized carbons (Fsp3) is 0.158. The van der Waals surface area contributed by atoms with Crippen molar-refractivity contribution in [2.75, 3.05) is 12.4 Å². The molecule has 0 aliphatic rings. The first kappa shape index (κ1) is 19.7. The highest BCUT2D eigenvalue weighted by molar-refractivity contribution is 8.00. The number of para-hydroxylation sites is 2. The number of carbonyl (C=O) groups excluding carboxylic acids is 1. The Morgan fingerprint density at radius 2 is 2.14 bits per heavy atom. The summed E-state index contributed by atoms with van der Waals surface area (Å²) in [7, 11) is 1.55. The molecule has 2 heterocycles. The fourth-order valence-electron chi connectivity index (χ4n) is 2.57. The number of halogens is 1. The molecule has 4 rings (SSSR count). The standard InChI is InChI=1S/C19H15ClN4O3S2/c1-26-14-5-3-2-4-12(14)21-17(25)9-16-23-18(27-24-16)10-28-19-22-13-8-11(20)6-7-15(13)29-19/h2-8H,9-10H2,1H3,(H,21,25). The van der Waals surface area contributed by atoms with Crippen LogP contribution < -0.4 is 10.1 Å². The summed E-state index contributed by atoms with van der Waals surface area (Å²) in [6, 6.07) is 12.8. The van der Waals surface area contributed by atoms with E-state index in [0.29, 0.717) is 33.9 Å². The summed E-state index contributed by atoms with van der Waals surface area (Å²) >= 11 is 9.07. The molecular weight excluding hydrogens is 432 g/mol. The number of fused-ring (bicyclic) bond motifs is 1. The van der Waals surface area contributed by atoms with Gasteiger partial charge in [-0.25, -0.2) is 4.98 Å². The van der Waals surface area contributed by atoms with Crippen LogP contribution in [-0.2, 0) is 17.0 Å². The highest BCUT2D eigenvalue weighted by atomic mass is 35.5. The Bertz CT molecular complexity index is 1160. The Morgan fingerprint density at radius 1 is 1.28 bits per heavy atom. The van der Waals surface area contributed by atoms with E-state index in [4.69, 9.17) is 20.9 Å². The first-order valence-corrected chi connectivity index (χ1v) is 10.7. The van der Waals surface area contributed by atoms with Gasteiger partial charge in [-0.3, -0.25) is 4.79 Å². The number of methoxy groups -OCH3 is 1. The summed E-state index contributed by atoms with van der Waals surface area (Å²) in [4.78, 5) is 21.1. The molecule has 0 aliphatic heterocycles. The van der Waals surface area contributed by atoms with Crippen LogP contribution in [0.25, 0.3) is 10.2 Å². The summed E-state index contributed by atoms with van der Waals surface area (Å²) in [6.07, 6.45) is 0.00581. The van der Waals surface area contributed by atoms with E-state index < -0.39 is 0 Å². The van der Waals surface area contributed by atoms with E-state index in [0.717, 1.165) is 14.6 Å². The zero-order chi connectivity index (χ0) is 20.2. The summed E-state index contributed by atoms with van der Waals surface area (Å²) in [5.41, 5.74) is 1.46. The number of ether oxygens (including phenoxy) is 1. The number of nitrogens with zero attached hydrogens (tertiary/aromatic N) is 3. The van der Waals surface area contributed by atoms with Gasteiger partial charge in [0.05, 0.1) is 35.2 Å². The highest BCUT2D eigenvalue weighted by Crippen LogP contribution is 2.32. The van der Waals surface area contributed by atoms with Crippen molar-refractivity contribution in [2.45, 2.75) is 16.5 Å². The lowest BCUT2D eigenvalue weighted by molar-refractivity contribution is -0.115. The van der Waals surface area contributed by atoms with Crippen molar-refractivity contribution in [3.05, 3.63) is 59.2 Å². The lowest BCUT2D eigenvalue weighted by Crippen LogP contribution is -2.15. The maximum absolute atomic E-state index is 12.3.